The highest BCUT2D eigenvalue weighted by atomic mass is 35.5. The Labute approximate surface area is 116 Å². The van der Waals surface area contributed by atoms with Crippen molar-refractivity contribution in [3.63, 3.8) is 0 Å². The van der Waals surface area contributed by atoms with E-state index < -0.39 is 0 Å². The monoisotopic (exact) mass is 269 g/mol. The standard InChI is InChI=1S/C15H24ClNO/c1-5-8-17-12(4)14-7-6-13(9-15(14)16)18-10-11(2)3/h6-7,9,11-12,17H,5,8,10H2,1-4H3. The van der Waals surface area contributed by atoms with Crippen LogP contribution in [0.3, 0.4) is 0 Å². The average molecular weight is 270 g/mol. The molecule has 0 aliphatic heterocycles. The van der Waals surface area contributed by atoms with Crippen molar-refractivity contribution in [1.82, 2.24) is 5.32 Å². The zero-order valence-electron chi connectivity index (χ0n) is 11.8. The van der Waals surface area contributed by atoms with Crippen LogP contribution < -0.4 is 10.1 Å². The van der Waals surface area contributed by atoms with Crippen LogP contribution in [0.25, 0.3) is 0 Å². The van der Waals surface area contributed by atoms with E-state index in [4.69, 9.17) is 16.3 Å². The minimum Gasteiger partial charge on any atom is -0.493 e. The summed E-state index contributed by atoms with van der Waals surface area (Å²) in [5.41, 5.74) is 1.13. The second-order valence-electron chi connectivity index (χ2n) is 5.06. The van der Waals surface area contributed by atoms with Gasteiger partial charge < -0.3 is 10.1 Å². The molecule has 0 saturated heterocycles. The van der Waals surface area contributed by atoms with Crippen LogP contribution in [0.4, 0.5) is 0 Å². The van der Waals surface area contributed by atoms with E-state index in [9.17, 15) is 0 Å². The molecule has 0 amide bonds. The Balaban J connectivity index is 2.66. The number of hydrogen-bond acceptors (Lipinski definition) is 2. The molecular formula is C15H24ClNO. The predicted octanol–water partition coefficient (Wildman–Crippen LogP) is 4.44. The molecule has 0 spiro atoms. The highest BCUT2D eigenvalue weighted by Gasteiger charge is 2.10. The van der Waals surface area contributed by atoms with Crippen molar-refractivity contribution in [2.75, 3.05) is 13.2 Å². The summed E-state index contributed by atoms with van der Waals surface area (Å²) in [6, 6.07) is 6.22. The van der Waals surface area contributed by atoms with E-state index in [0.717, 1.165) is 35.9 Å². The highest BCUT2D eigenvalue weighted by Crippen LogP contribution is 2.27. The fourth-order valence-corrected chi connectivity index (χ4v) is 2.02. The van der Waals surface area contributed by atoms with E-state index >= 15 is 0 Å². The third-order valence-electron chi connectivity index (χ3n) is 2.72. The Morgan fingerprint density at radius 1 is 1.28 bits per heavy atom. The molecule has 102 valence electrons. The van der Waals surface area contributed by atoms with Crippen LogP contribution >= 0.6 is 11.6 Å². The number of nitrogens with one attached hydrogen (secondary N) is 1. The number of benzene rings is 1. The van der Waals surface area contributed by atoms with Crippen LogP contribution in [0.15, 0.2) is 18.2 Å². The van der Waals surface area contributed by atoms with Gasteiger partial charge in [0.25, 0.3) is 0 Å². The van der Waals surface area contributed by atoms with Gasteiger partial charge in [0.1, 0.15) is 5.75 Å². The van der Waals surface area contributed by atoms with Crippen molar-refractivity contribution >= 4 is 11.6 Å². The summed E-state index contributed by atoms with van der Waals surface area (Å²) in [6.45, 7) is 10.3. The Bertz CT molecular complexity index is 366. The minimum absolute atomic E-state index is 0.275. The Hall–Kier alpha value is -0.730. The summed E-state index contributed by atoms with van der Waals surface area (Å²) in [5.74, 6) is 1.37. The molecule has 0 fully saturated rings. The second-order valence-corrected chi connectivity index (χ2v) is 5.47. The second kappa shape index (κ2) is 7.65. The summed E-state index contributed by atoms with van der Waals surface area (Å²) in [5, 5.41) is 4.20. The summed E-state index contributed by atoms with van der Waals surface area (Å²) in [4.78, 5) is 0. The molecule has 1 aromatic rings. The van der Waals surface area contributed by atoms with Crippen LogP contribution in [-0.4, -0.2) is 13.2 Å². The lowest BCUT2D eigenvalue weighted by Crippen LogP contribution is -2.19. The lowest BCUT2D eigenvalue weighted by Gasteiger charge is -2.16. The maximum Gasteiger partial charge on any atom is 0.120 e. The molecule has 0 aliphatic rings. The molecule has 1 rings (SSSR count). The first-order valence-electron chi connectivity index (χ1n) is 6.70. The van der Waals surface area contributed by atoms with E-state index in [1.165, 1.54) is 0 Å². The van der Waals surface area contributed by atoms with Gasteiger partial charge in [-0.15, -0.1) is 0 Å². The van der Waals surface area contributed by atoms with Gasteiger partial charge >= 0.3 is 0 Å². The van der Waals surface area contributed by atoms with Crippen LogP contribution in [0.5, 0.6) is 5.75 Å². The Morgan fingerprint density at radius 2 is 2.00 bits per heavy atom. The third-order valence-corrected chi connectivity index (χ3v) is 3.05. The Kier molecular flexibility index (Phi) is 6.51. The van der Waals surface area contributed by atoms with Crippen molar-refractivity contribution in [1.29, 1.82) is 0 Å². The normalized spacial score (nSPS) is 12.8. The summed E-state index contributed by atoms with van der Waals surface area (Å²) < 4.78 is 5.66. The third kappa shape index (κ3) is 4.87. The van der Waals surface area contributed by atoms with E-state index in [1.54, 1.807) is 0 Å². The van der Waals surface area contributed by atoms with Crippen LogP contribution in [0.2, 0.25) is 5.02 Å². The van der Waals surface area contributed by atoms with Gasteiger partial charge in [-0.2, -0.15) is 0 Å². The highest BCUT2D eigenvalue weighted by molar-refractivity contribution is 6.31. The van der Waals surface area contributed by atoms with Gasteiger partial charge in [-0.3, -0.25) is 0 Å². The molecule has 1 unspecified atom stereocenters. The number of halogens is 1. The molecule has 0 aliphatic carbocycles. The van der Waals surface area contributed by atoms with Gasteiger partial charge in [0.05, 0.1) is 6.61 Å². The lowest BCUT2D eigenvalue weighted by molar-refractivity contribution is 0.271. The van der Waals surface area contributed by atoms with Gasteiger partial charge in [-0.05, 0) is 43.5 Å². The molecule has 0 saturated carbocycles. The maximum atomic E-state index is 6.30. The van der Waals surface area contributed by atoms with Crippen molar-refractivity contribution in [2.24, 2.45) is 5.92 Å². The SMILES string of the molecule is CCCNC(C)c1ccc(OCC(C)C)cc1Cl. The predicted molar refractivity (Wildman–Crippen MR) is 78.5 cm³/mol. The number of rotatable bonds is 7. The smallest absolute Gasteiger partial charge is 0.120 e. The zero-order chi connectivity index (χ0) is 13.5. The van der Waals surface area contributed by atoms with Gasteiger partial charge in [-0.25, -0.2) is 0 Å². The molecule has 2 nitrogen and oxygen atoms in total. The molecular weight excluding hydrogens is 246 g/mol. The molecule has 1 N–H and O–H groups in total. The molecule has 18 heavy (non-hydrogen) atoms. The largest absolute Gasteiger partial charge is 0.493 e. The quantitative estimate of drug-likeness (QED) is 0.790. The molecule has 0 heterocycles. The molecule has 0 bridgehead atoms. The first kappa shape index (κ1) is 15.3. The maximum absolute atomic E-state index is 6.30. The first-order valence-corrected chi connectivity index (χ1v) is 7.08. The van der Waals surface area contributed by atoms with E-state index in [0.29, 0.717) is 5.92 Å². The first-order chi connectivity index (χ1) is 8.54. The minimum atomic E-state index is 0.275. The molecule has 0 aromatic heterocycles. The number of ether oxygens (including phenoxy) is 1. The van der Waals surface area contributed by atoms with Crippen molar-refractivity contribution in [2.45, 2.75) is 40.2 Å². The number of hydrogen-bond donors (Lipinski definition) is 1. The summed E-state index contributed by atoms with van der Waals surface area (Å²) in [7, 11) is 0. The van der Waals surface area contributed by atoms with Crippen LogP contribution in [-0.2, 0) is 0 Å². The Morgan fingerprint density at radius 3 is 2.56 bits per heavy atom. The fourth-order valence-electron chi connectivity index (χ4n) is 1.68. The molecule has 0 radical (unpaired) electrons. The lowest BCUT2D eigenvalue weighted by atomic mass is 10.1. The van der Waals surface area contributed by atoms with E-state index in [2.05, 4.69) is 33.0 Å². The van der Waals surface area contributed by atoms with E-state index in [1.807, 2.05) is 18.2 Å². The zero-order valence-corrected chi connectivity index (χ0v) is 12.6. The van der Waals surface area contributed by atoms with Gasteiger partial charge in [0, 0.05) is 11.1 Å². The molecule has 1 aromatic carbocycles. The van der Waals surface area contributed by atoms with Crippen LogP contribution in [0.1, 0.15) is 45.7 Å². The van der Waals surface area contributed by atoms with Gasteiger partial charge in [0.2, 0.25) is 0 Å². The van der Waals surface area contributed by atoms with Gasteiger partial charge in [0.15, 0.2) is 0 Å². The topological polar surface area (TPSA) is 21.3 Å². The molecule has 3 heteroatoms. The van der Waals surface area contributed by atoms with Crippen molar-refractivity contribution in [3.8, 4) is 5.75 Å². The van der Waals surface area contributed by atoms with Crippen molar-refractivity contribution in [3.05, 3.63) is 28.8 Å². The average Bonchev–Trinajstić information content (AvgIpc) is 2.33. The molecule has 1 atom stereocenters. The van der Waals surface area contributed by atoms with Crippen molar-refractivity contribution < 1.29 is 4.74 Å². The van der Waals surface area contributed by atoms with Crippen LogP contribution in [0, 0.1) is 5.92 Å². The fraction of sp³-hybridized carbons (Fsp3) is 0.600. The van der Waals surface area contributed by atoms with E-state index in [-0.39, 0.29) is 6.04 Å². The van der Waals surface area contributed by atoms with Gasteiger partial charge in [-0.1, -0.05) is 38.4 Å². The summed E-state index contributed by atoms with van der Waals surface area (Å²) in [6.07, 6.45) is 1.12. The summed E-state index contributed by atoms with van der Waals surface area (Å²) >= 11 is 6.30.